The molecule has 1 heterocycles. The van der Waals surface area contributed by atoms with Gasteiger partial charge in [0, 0.05) is 15.9 Å². The Kier molecular flexibility index (Phi) is 7.61. The third-order valence-corrected chi connectivity index (χ3v) is 4.00. The molecule has 1 rings (SSSR count). The Morgan fingerprint density at radius 1 is 1.24 bits per heavy atom. The number of hydrogen-bond acceptors (Lipinski definition) is 3. The van der Waals surface area contributed by atoms with E-state index < -0.39 is 0 Å². The van der Waals surface area contributed by atoms with Gasteiger partial charge in [-0.05, 0) is 38.5 Å². The Hall–Kier alpha value is 0.310. The van der Waals surface area contributed by atoms with Crippen molar-refractivity contribution in [2.24, 2.45) is 0 Å². The molecular formula is C13H27O3P. The van der Waals surface area contributed by atoms with Gasteiger partial charge in [0.2, 0.25) is 0 Å². The summed E-state index contributed by atoms with van der Waals surface area (Å²) >= 11 is 0. The fourth-order valence-electron chi connectivity index (χ4n) is 2.41. The highest BCUT2D eigenvalue weighted by Crippen LogP contribution is 2.26. The van der Waals surface area contributed by atoms with Crippen LogP contribution in [-0.2, 0) is 9.26 Å². The molecule has 0 radical (unpaired) electrons. The average molecular weight is 262 g/mol. The zero-order valence-electron chi connectivity index (χ0n) is 11.1. The van der Waals surface area contributed by atoms with Crippen molar-refractivity contribution in [1.29, 1.82) is 0 Å². The molecule has 0 aromatic carbocycles. The van der Waals surface area contributed by atoms with E-state index in [-0.39, 0.29) is 18.3 Å². The highest BCUT2D eigenvalue weighted by molar-refractivity contribution is 7.09. The Morgan fingerprint density at radius 2 is 1.88 bits per heavy atom. The van der Waals surface area contributed by atoms with Crippen molar-refractivity contribution in [3.63, 3.8) is 0 Å². The molecule has 1 aliphatic rings. The zero-order chi connectivity index (χ0) is 12.7. The van der Waals surface area contributed by atoms with Crippen LogP contribution in [0.3, 0.4) is 0 Å². The number of ether oxygens (including phenoxy) is 1. The molecule has 1 fully saturated rings. The largest absolute Gasteiger partial charge is 0.393 e. The smallest absolute Gasteiger partial charge is 0.0633 e. The van der Waals surface area contributed by atoms with Gasteiger partial charge >= 0.3 is 0 Å². The number of hydrogen-bond donors (Lipinski definition) is 1. The van der Waals surface area contributed by atoms with Gasteiger partial charge in [0.1, 0.15) is 0 Å². The maximum atomic E-state index is 9.66. The maximum Gasteiger partial charge on any atom is 0.0633 e. The van der Waals surface area contributed by atoms with E-state index in [0.29, 0.717) is 6.10 Å². The molecule has 102 valence electrons. The van der Waals surface area contributed by atoms with Crippen LogP contribution >= 0.6 is 9.47 Å². The molecule has 4 heteroatoms. The summed E-state index contributed by atoms with van der Waals surface area (Å²) in [7, 11) is 2.35. The van der Waals surface area contributed by atoms with Crippen molar-refractivity contribution in [1.82, 2.24) is 0 Å². The second-order valence-corrected chi connectivity index (χ2v) is 5.28. The monoisotopic (exact) mass is 262 g/mol. The predicted molar refractivity (Wildman–Crippen MR) is 72.9 cm³/mol. The summed E-state index contributed by atoms with van der Waals surface area (Å²) in [6.45, 7) is 4.15. The molecule has 0 saturated carbocycles. The molecule has 1 N–H and O–H groups in total. The van der Waals surface area contributed by atoms with Crippen LogP contribution in [0.1, 0.15) is 58.8 Å². The van der Waals surface area contributed by atoms with E-state index in [2.05, 4.69) is 16.4 Å². The highest BCUT2D eigenvalue weighted by Gasteiger charge is 2.25. The average Bonchev–Trinajstić information content (AvgIpc) is 2.36. The fraction of sp³-hybridized carbons (Fsp3) is 1.00. The van der Waals surface area contributed by atoms with Gasteiger partial charge in [0.25, 0.3) is 0 Å². The van der Waals surface area contributed by atoms with Gasteiger partial charge in [-0.3, -0.25) is 0 Å². The van der Waals surface area contributed by atoms with Crippen molar-refractivity contribution in [2.75, 3.05) is 0 Å². The van der Waals surface area contributed by atoms with Crippen LogP contribution < -0.4 is 0 Å². The van der Waals surface area contributed by atoms with E-state index in [0.717, 1.165) is 38.5 Å². The van der Waals surface area contributed by atoms with Crippen LogP contribution in [0.5, 0.6) is 0 Å². The second kappa shape index (κ2) is 8.42. The van der Waals surface area contributed by atoms with Crippen molar-refractivity contribution in [2.45, 2.75) is 83.2 Å². The summed E-state index contributed by atoms with van der Waals surface area (Å²) in [4.78, 5) is 0. The second-order valence-electron chi connectivity index (χ2n) is 5.01. The first-order valence-corrected chi connectivity index (χ1v) is 7.35. The first-order valence-electron chi connectivity index (χ1n) is 6.88. The van der Waals surface area contributed by atoms with Crippen LogP contribution in [0.15, 0.2) is 0 Å². The summed E-state index contributed by atoms with van der Waals surface area (Å²) in [5.74, 6) is 0. The summed E-state index contributed by atoms with van der Waals surface area (Å²) in [5.41, 5.74) is 0. The van der Waals surface area contributed by atoms with Crippen LogP contribution in [-0.4, -0.2) is 29.5 Å². The van der Waals surface area contributed by atoms with Gasteiger partial charge in [-0.2, -0.15) is 0 Å². The third kappa shape index (κ3) is 5.65. The Morgan fingerprint density at radius 3 is 2.41 bits per heavy atom. The van der Waals surface area contributed by atoms with Gasteiger partial charge in [0.05, 0.1) is 24.4 Å². The molecule has 0 spiro atoms. The fourth-order valence-corrected chi connectivity index (χ4v) is 2.71. The molecule has 0 amide bonds. The maximum absolute atomic E-state index is 9.66. The number of aliphatic hydroxyl groups excluding tert-OH is 1. The third-order valence-electron chi connectivity index (χ3n) is 3.62. The van der Waals surface area contributed by atoms with Gasteiger partial charge in [-0.1, -0.05) is 13.8 Å². The molecule has 0 aromatic rings. The van der Waals surface area contributed by atoms with Crippen LogP contribution in [0.4, 0.5) is 0 Å². The molecule has 1 saturated heterocycles. The predicted octanol–water partition coefficient (Wildman–Crippen LogP) is 3.06. The van der Waals surface area contributed by atoms with E-state index >= 15 is 0 Å². The Bertz CT molecular complexity index is 197. The lowest BCUT2D eigenvalue weighted by Gasteiger charge is -2.32. The minimum atomic E-state index is -0.210. The first kappa shape index (κ1) is 15.4. The van der Waals surface area contributed by atoms with E-state index in [1.165, 1.54) is 6.42 Å². The van der Waals surface area contributed by atoms with Crippen molar-refractivity contribution in [3.05, 3.63) is 0 Å². The standard InChI is InChI=1S/C13H27O3P/c1-3-10(14)8-12-6-5-7-13(15-12)9-11(4-2)16-17/h10-14H,3-9,17H2,1-2H3/t10-,11+,12+,13-/m0/s1. The molecule has 0 bridgehead atoms. The first-order chi connectivity index (χ1) is 8.19. The molecule has 3 nitrogen and oxygen atoms in total. The Balaban J connectivity index is 2.32. The van der Waals surface area contributed by atoms with E-state index in [4.69, 9.17) is 9.26 Å². The number of rotatable bonds is 7. The van der Waals surface area contributed by atoms with Gasteiger partial charge < -0.3 is 14.4 Å². The quantitative estimate of drug-likeness (QED) is 0.717. The van der Waals surface area contributed by atoms with Crippen molar-refractivity contribution >= 4 is 9.47 Å². The topological polar surface area (TPSA) is 38.7 Å². The molecule has 0 aliphatic carbocycles. The summed E-state index contributed by atoms with van der Waals surface area (Å²) in [6.07, 6.45) is 7.63. The molecule has 1 aliphatic heterocycles. The summed E-state index contributed by atoms with van der Waals surface area (Å²) in [6, 6.07) is 0. The van der Waals surface area contributed by atoms with Crippen LogP contribution in [0, 0.1) is 0 Å². The SMILES string of the molecule is CC[C@H](O)C[C@H]1CCC[C@@H](C[C@@H](CC)OP)O1. The van der Waals surface area contributed by atoms with Gasteiger partial charge in [-0.15, -0.1) is 0 Å². The van der Waals surface area contributed by atoms with E-state index in [1.54, 1.807) is 0 Å². The van der Waals surface area contributed by atoms with E-state index in [9.17, 15) is 5.11 Å². The number of aliphatic hydroxyl groups is 1. The normalized spacial score (nSPS) is 28.9. The highest BCUT2D eigenvalue weighted by atomic mass is 31.0. The van der Waals surface area contributed by atoms with Gasteiger partial charge in [-0.25, -0.2) is 0 Å². The molecule has 5 atom stereocenters. The van der Waals surface area contributed by atoms with E-state index in [1.807, 2.05) is 6.92 Å². The Labute approximate surface area is 108 Å². The minimum absolute atomic E-state index is 0.210. The zero-order valence-corrected chi connectivity index (χ0v) is 12.3. The lowest BCUT2D eigenvalue weighted by molar-refractivity contribution is -0.0810. The lowest BCUT2D eigenvalue weighted by Crippen LogP contribution is -2.32. The molecule has 1 unspecified atom stereocenters. The van der Waals surface area contributed by atoms with Crippen LogP contribution in [0.25, 0.3) is 0 Å². The molecule has 17 heavy (non-hydrogen) atoms. The molecular weight excluding hydrogens is 235 g/mol. The minimum Gasteiger partial charge on any atom is -0.393 e. The summed E-state index contributed by atoms with van der Waals surface area (Å²) in [5, 5.41) is 9.66. The molecule has 0 aromatic heterocycles. The van der Waals surface area contributed by atoms with Crippen molar-refractivity contribution in [3.8, 4) is 0 Å². The van der Waals surface area contributed by atoms with Gasteiger partial charge in [0.15, 0.2) is 0 Å². The lowest BCUT2D eigenvalue weighted by atomic mass is 9.96. The van der Waals surface area contributed by atoms with Crippen molar-refractivity contribution < 1.29 is 14.4 Å². The van der Waals surface area contributed by atoms with Crippen LogP contribution in [0.2, 0.25) is 0 Å². The summed E-state index contributed by atoms with van der Waals surface area (Å²) < 4.78 is 11.4.